The maximum atomic E-state index is 13.0. The van der Waals surface area contributed by atoms with Gasteiger partial charge in [-0.25, -0.2) is 0 Å². The SMILES string of the molecule is COc1ccc(C2=CC(=O)N3C=C(C4=CCN(C(C)C)CC4)C=CC3P2)cc1OC. The summed E-state index contributed by atoms with van der Waals surface area (Å²) in [7, 11) is 3.74. The van der Waals surface area contributed by atoms with Crippen LogP contribution in [0.25, 0.3) is 5.31 Å². The van der Waals surface area contributed by atoms with E-state index in [0.29, 0.717) is 26.1 Å². The van der Waals surface area contributed by atoms with Gasteiger partial charge in [-0.15, -0.1) is 0 Å². The van der Waals surface area contributed by atoms with E-state index >= 15 is 0 Å². The van der Waals surface area contributed by atoms with E-state index in [-0.39, 0.29) is 11.7 Å². The number of allylic oxidation sites excluding steroid dienone is 2. The highest BCUT2D eigenvalue weighted by atomic mass is 31.1. The third-order valence-corrected chi connectivity index (χ3v) is 7.41. The second-order valence-electron chi connectivity index (χ2n) is 7.97. The van der Waals surface area contributed by atoms with Crippen molar-refractivity contribution in [2.24, 2.45) is 0 Å². The third-order valence-electron chi connectivity index (χ3n) is 5.90. The predicted molar refractivity (Wildman–Crippen MR) is 123 cm³/mol. The van der Waals surface area contributed by atoms with Crippen LogP contribution in [0.1, 0.15) is 25.8 Å². The number of nitrogens with zero attached hydrogens (tertiary/aromatic N) is 2. The van der Waals surface area contributed by atoms with Gasteiger partial charge in [0.25, 0.3) is 5.91 Å². The van der Waals surface area contributed by atoms with Crippen molar-refractivity contribution in [3.8, 4) is 11.5 Å². The zero-order chi connectivity index (χ0) is 21.3. The average Bonchev–Trinajstić information content (AvgIpc) is 2.78. The number of hydrogen-bond donors (Lipinski definition) is 0. The Labute approximate surface area is 180 Å². The van der Waals surface area contributed by atoms with Crippen molar-refractivity contribution in [3.05, 3.63) is 65.4 Å². The summed E-state index contributed by atoms with van der Waals surface area (Å²) in [4.78, 5) is 17.3. The molecule has 1 amide bonds. The number of methoxy groups -OCH3 is 2. The normalized spacial score (nSPS) is 22.6. The lowest BCUT2D eigenvalue weighted by atomic mass is 9.97. The first-order valence-corrected chi connectivity index (χ1v) is 11.4. The summed E-state index contributed by atoms with van der Waals surface area (Å²) in [6, 6.07) is 6.39. The molecule has 0 aliphatic carbocycles. The first kappa shape index (κ1) is 20.9. The van der Waals surface area contributed by atoms with E-state index in [0.717, 1.165) is 36.0 Å². The van der Waals surface area contributed by atoms with Crippen LogP contribution in [0.4, 0.5) is 0 Å². The van der Waals surface area contributed by atoms with Crippen LogP contribution >= 0.6 is 8.58 Å². The minimum absolute atomic E-state index is 0.0330. The van der Waals surface area contributed by atoms with Gasteiger partial charge in [-0.1, -0.05) is 32.9 Å². The van der Waals surface area contributed by atoms with Gasteiger partial charge < -0.3 is 14.4 Å². The quantitative estimate of drug-likeness (QED) is 0.658. The van der Waals surface area contributed by atoms with Gasteiger partial charge in [-0.2, -0.15) is 0 Å². The molecule has 2 atom stereocenters. The summed E-state index contributed by atoms with van der Waals surface area (Å²) in [5, 5.41) is 1.05. The molecule has 158 valence electrons. The number of ether oxygens (including phenoxy) is 2. The third kappa shape index (κ3) is 4.10. The minimum atomic E-state index is 0.0330. The Morgan fingerprint density at radius 3 is 2.63 bits per heavy atom. The molecule has 1 aromatic rings. The Morgan fingerprint density at radius 2 is 1.97 bits per heavy atom. The molecule has 5 nitrogen and oxygen atoms in total. The number of hydrogen-bond acceptors (Lipinski definition) is 4. The molecule has 2 unspecified atom stereocenters. The van der Waals surface area contributed by atoms with Gasteiger partial charge in [0.15, 0.2) is 11.5 Å². The predicted octanol–water partition coefficient (Wildman–Crippen LogP) is 4.39. The van der Waals surface area contributed by atoms with Crippen LogP contribution < -0.4 is 9.47 Å². The van der Waals surface area contributed by atoms with Crippen molar-refractivity contribution in [2.75, 3.05) is 27.3 Å². The Hall–Kier alpha value is -2.36. The van der Waals surface area contributed by atoms with Crippen molar-refractivity contribution < 1.29 is 14.3 Å². The van der Waals surface area contributed by atoms with Gasteiger partial charge in [0.2, 0.25) is 0 Å². The maximum Gasteiger partial charge on any atom is 0.252 e. The molecule has 4 rings (SSSR count). The Kier molecular flexibility index (Phi) is 6.12. The molecule has 30 heavy (non-hydrogen) atoms. The summed E-state index contributed by atoms with van der Waals surface area (Å²) in [6.45, 7) is 6.51. The van der Waals surface area contributed by atoms with Gasteiger partial charge in [0.1, 0.15) is 0 Å². The lowest BCUT2D eigenvalue weighted by molar-refractivity contribution is -0.123. The first-order chi connectivity index (χ1) is 14.5. The fourth-order valence-electron chi connectivity index (χ4n) is 4.05. The summed E-state index contributed by atoms with van der Waals surface area (Å²) in [5.74, 6) is 1.48. The van der Waals surface area contributed by atoms with Crippen molar-refractivity contribution >= 4 is 19.8 Å². The molecule has 0 saturated heterocycles. The number of benzene rings is 1. The Balaban J connectivity index is 1.55. The van der Waals surface area contributed by atoms with Crippen LogP contribution in [0.2, 0.25) is 0 Å². The molecule has 3 aliphatic heterocycles. The molecular formula is C24H29N2O3P. The highest BCUT2D eigenvalue weighted by Gasteiger charge is 2.29. The number of carbonyl (C=O) groups excluding carboxylic acids is 1. The van der Waals surface area contributed by atoms with E-state index < -0.39 is 0 Å². The van der Waals surface area contributed by atoms with E-state index in [1.165, 1.54) is 5.57 Å². The van der Waals surface area contributed by atoms with Gasteiger partial charge in [0, 0.05) is 31.4 Å². The summed E-state index contributed by atoms with van der Waals surface area (Å²) in [5.41, 5.74) is 3.51. The average molecular weight is 424 g/mol. The maximum absolute atomic E-state index is 13.0. The number of fused-ring (bicyclic) bond motifs is 1. The molecular weight excluding hydrogens is 395 g/mol. The summed E-state index contributed by atoms with van der Waals surface area (Å²) < 4.78 is 10.8. The molecule has 3 heterocycles. The lowest BCUT2D eigenvalue weighted by Gasteiger charge is -2.35. The van der Waals surface area contributed by atoms with Crippen molar-refractivity contribution in [1.82, 2.24) is 9.80 Å². The standard InChI is InChI=1S/C24H29N2O3P/c1-16(2)25-11-9-17(10-12-25)19-6-8-24-26(15-19)23(27)14-22(30-24)18-5-7-20(28-3)21(13-18)29-4/h5-9,13-16,24,30H,10-12H2,1-4H3. The number of rotatable bonds is 5. The zero-order valence-electron chi connectivity index (χ0n) is 18.0. The van der Waals surface area contributed by atoms with Crippen LogP contribution in [-0.2, 0) is 4.79 Å². The molecule has 0 radical (unpaired) electrons. The molecule has 0 aromatic heterocycles. The Bertz CT molecular complexity index is 961. The van der Waals surface area contributed by atoms with Crippen LogP contribution in [0.3, 0.4) is 0 Å². The molecule has 0 spiro atoms. The van der Waals surface area contributed by atoms with E-state index in [2.05, 4.69) is 37.0 Å². The van der Waals surface area contributed by atoms with Crippen LogP contribution in [0.5, 0.6) is 11.5 Å². The topological polar surface area (TPSA) is 42.0 Å². The molecule has 0 N–H and O–H groups in total. The van der Waals surface area contributed by atoms with Crippen molar-refractivity contribution in [2.45, 2.75) is 32.1 Å². The molecule has 3 aliphatic rings. The highest BCUT2D eigenvalue weighted by molar-refractivity contribution is 7.51. The monoisotopic (exact) mass is 424 g/mol. The second kappa shape index (κ2) is 8.79. The zero-order valence-corrected chi connectivity index (χ0v) is 19.0. The van der Waals surface area contributed by atoms with Gasteiger partial charge in [-0.3, -0.25) is 9.69 Å². The molecule has 0 saturated carbocycles. The summed E-state index contributed by atoms with van der Waals surface area (Å²) in [6.07, 6.45) is 11.5. The molecule has 6 heteroatoms. The second-order valence-corrected chi connectivity index (χ2v) is 9.39. The van der Waals surface area contributed by atoms with Crippen LogP contribution in [0, 0.1) is 0 Å². The van der Waals surface area contributed by atoms with Crippen molar-refractivity contribution in [1.29, 1.82) is 0 Å². The van der Waals surface area contributed by atoms with Gasteiger partial charge in [0.05, 0.1) is 20.0 Å². The first-order valence-electron chi connectivity index (χ1n) is 10.4. The number of amides is 1. The fourth-order valence-corrected chi connectivity index (χ4v) is 5.44. The number of carbonyl (C=O) groups is 1. The molecule has 0 bridgehead atoms. The van der Waals surface area contributed by atoms with E-state index in [9.17, 15) is 4.79 Å². The highest BCUT2D eigenvalue weighted by Crippen LogP contribution is 2.46. The van der Waals surface area contributed by atoms with Gasteiger partial charge >= 0.3 is 0 Å². The fraction of sp³-hybridized carbons (Fsp3) is 0.375. The summed E-state index contributed by atoms with van der Waals surface area (Å²) >= 11 is 0. The van der Waals surface area contributed by atoms with Gasteiger partial charge in [-0.05, 0) is 54.4 Å². The molecule has 1 aromatic carbocycles. The van der Waals surface area contributed by atoms with Crippen LogP contribution in [-0.4, -0.2) is 54.8 Å². The van der Waals surface area contributed by atoms with E-state index in [1.54, 1.807) is 20.3 Å². The Morgan fingerprint density at radius 1 is 1.17 bits per heavy atom. The van der Waals surface area contributed by atoms with Crippen LogP contribution in [0.15, 0.2) is 59.8 Å². The van der Waals surface area contributed by atoms with Crippen molar-refractivity contribution in [3.63, 3.8) is 0 Å². The van der Waals surface area contributed by atoms with E-state index in [4.69, 9.17) is 9.47 Å². The smallest absolute Gasteiger partial charge is 0.252 e. The minimum Gasteiger partial charge on any atom is -0.493 e. The van der Waals surface area contributed by atoms with E-state index in [1.807, 2.05) is 29.3 Å². The molecule has 0 fully saturated rings. The largest absolute Gasteiger partial charge is 0.493 e. The lowest BCUT2D eigenvalue weighted by Crippen LogP contribution is -2.37.